The van der Waals surface area contributed by atoms with E-state index in [4.69, 9.17) is 14.2 Å². The number of rotatable bonds is 5. The van der Waals surface area contributed by atoms with Gasteiger partial charge in [-0.3, -0.25) is 0 Å². The maximum absolute atomic E-state index is 13.2. The van der Waals surface area contributed by atoms with Crippen LogP contribution in [0, 0.1) is 13.8 Å². The molecule has 0 spiro atoms. The minimum Gasteiger partial charge on any atom is -0.496 e. The zero-order valence-corrected chi connectivity index (χ0v) is 17.8. The molecule has 0 amide bonds. The number of sulfonamides is 1. The summed E-state index contributed by atoms with van der Waals surface area (Å²) in [6, 6.07) is 9.51. The predicted molar refractivity (Wildman–Crippen MR) is 108 cm³/mol. The quantitative estimate of drug-likeness (QED) is 0.787. The Bertz CT molecular complexity index is 1010. The van der Waals surface area contributed by atoms with Crippen molar-refractivity contribution in [2.24, 2.45) is 0 Å². The summed E-state index contributed by atoms with van der Waals surface area (Å²) in [7, 11) is -1.92. The van der Waals surface area contributed by atoms with E-state index in [9.17, 15) is 8.42 Å². The maximum Gasteiger partial charge on any atom is 0.243 e. The van der Waals surface area contributed by atoms with Gasteiger partial charge in [-0.1, -0.05) is 0 Å². The molecule has 1 N–H and O–H groups in total. The summed E-state index contributed by atoms with van der Waals surface area (Å²) in [5.41, 5.74) is 2.70. The van der Waals surface area contributed by atoms with Crippen molar-refractivity contribution in [1.82, 2.24) is 4.31 Å². The highest BCUT2D eigenvalue weighted by Crippen LogP contribution is 2.32. The first-order valence-electron chi connectivity index (χ1n) is 9.76. The first-order chi connectivity index (χ1) is 13.9. The van der Waals surface area contributed by atoms with E-state index in [0.29, 0.717) is 29.3 Å². The number of ether oxygens (including phenoxy) is 3. The van der Waals surface area contributed by atoms with Crippen molar-refractivity contribution >= 4 is 10.0 Å². The molecule has 0 aromatic heterocycles. The highest BCUT2D eigenvalue weighted by atomic mass is 32.2. The van der Waals surface area contributed by atoms with Crippen LogP contribution >= 0.6 is 0 Å². The van der Waals surface area contributed by atoms with Gasteiger partial charge in [0.25, 0.3) is 0 Å². The normalized spacial score (nSPS) is 17.5. The van der Waals surface area contributed by atoms with Crippen LogP contribution in [0.2, 0.25) is 0 Å². The van der Waals surface area contributed by atoms with Crippen molar-refractivity contribution < 1.29 is 27.5 Å². The molecular weight excluding hydrogens is 392 g/mol. The highest BCUT2D eigenvalue weighted by Gasteiger charge is 2.32. The number of methoxy groups -OCH3 is 1. The lowest BCUT2D eigenvalue weighted by molar-refractivity contribution is -0.917. The monoisotopic (exact) mass is 419 g/mol. The maximum atomic E-state index is 13.2. The van der Waals surface area contributed by atoms with Gasteiger partial charge in [0.1, 0.15) is 12.3 Å². The first kappa shape index (κ1) is 20.0. The Kier molecular flexibility index (Phi) is 5.42. The third-order valence-corrected chi connectivity index (χ3v) is 7.67. The van der Waals surface area contributed by atoms with Gasteiger partial charge in [-0.25, -0.2) is 8.42 Å². The van der Waals surface area contributed by atoms with Gasteiger partial charge in [-0.2, -0.15) is 4.31 Å². The van der Waals surface area contributed by atoms with Crippen LogP contribution in [0.4, 0.5) is 0 Å². The van der Waals surface area contributed by atoms with Gasteiger partial charge in [0.15, 0.2) is 11.5 Å². The van der Waals surface area contributed by atoms with Crippen LogP contribution in [0.15, 0.2) is 35.2 Å². The van der Waals surface area contributed by atoms with Gasteiger partial charge in [0.2, 0.25) is 16.8 Å². The number of hydrogen-bond donors (Lipinski definition) is 1. The summed E-state index contributed by atoms with van der Waals surface area (Å²) < 4.78 is 44.1. The molecular formula is C21H27N2O5S+. The molecule has 0 bridgehead atoms. The largest absolute Gasteiger partial charge is 0.496 e. The second-order valence-corrected chi connectivity index (χ2v) is 9.51. The summed E-state index contributed by atoms with van der Waals surface area (Å²) >= 11 is 0. The molecule has 2 aromatic carbocycles. The lowest BCUT2D eigenvalue weighted by atomic mass is 10.1. The summed E-state index contributed by atoms with van der Waals surface area (Å²) in [6.07, 6.45) is 0. The molecule has 29 heavy (non-hydrogen) atoms. The van der Waals surface area contributed by atoms with Crippen LogP contribution in [0.3, 0.4) is 0 Å². The zero-order chi connectivity index (χ0) is 20.6. The van der Waals surface area contributed by atoms with Crippen molar-refractivity contribution in [3.05, 3.63) is 47.0 Å². The molecule has 0 saturated carbocycles. The van der Waals surface area contributed by atoms with Crippen LogP contribution in [-0.4, -0.2) is 52.8 Å². The molecule has 2 aliphatic rings. The lowest BCUT2D eigenvalue weighted by Gasteiger charge is -2.32. The first-order valence-corrected chi connectivity index (χ1v) is 11.2. The number of hydrogen-bond acceptors (Lipinski definition) is 5. The number of fused-ring (bicyclic) bond motifs is 1. The fraction of sp³-hybridized carbons (Fsp3) is 0.429. The summed E-state index contributed by atoms with van der Waals surface area (Å²) in [5.74, 6) is 2.28. The number of nitrogens with zero attached hydrogens (tertiary/aromatic N) is 1. The number of benzene rings is 2. The number of piperazine rings is 1. The van der Waals surface area contributed by atoms with E-state index in [1.807, 2.05) is 32.0 Å². The molecule has 156 valence electrons. The van der Waals surface area contributed by atoms with E-state index in [1.165, 1.54) is 10.5 Å². The molecule has 7 nitrogen and oxygen atoms in total. The molecule has 4 rings (SSSR count). The van der Waals surface area contributed by atoms with E-state index in [-0.39, 0.29) is 6.79 Å². The second kappa shape index (κ2) is 7.85. The topological polar surface area (TPSA) is 69.5 Å². The SMILES string of the molecule is COc1cc(C)c(S(=O)(=O)N2CC[NH+](Cc3ccc4c(c3)OCO4)CC2)cc1C. The predicted octanol–water partition coefficient (Wildman–Crippen LogP) is 1.13. The minimum atomic E-state index is -3.52. The molecule has 0 unspecified atom stereocenters. The third kappa shape index (κ3) is 3.92. The fourth-order valence-corrected chi connectivity index (χ4v) is 5.69. The molecule has 0 atom stereocenters. The Labute approximate surface area is 171 Å². The van der Waals surface area contributed by atoms with Crippen molar-refractivity contribution in [1.29, 1.82) is 0 Å². The smallest absolute Gasteiger partial charge is 0.243 e. The summed E-state index contributed by atoms with van der Waals surface area (Å²) in [6.45, 7) is 7.33. The molecule has 2 aromatic rings. The van der Waals surface area contributed by atoms with Gasteiger partial charge in [-0.15, -0.1) is 0 Å². The van der Waals surface area contributed by atoms with Gasteiger partial charge in [0.05, 0.1) is 38.2 Å². The number of nitrogens with one attached hydrogen (secondary N) is 1. The van der Waals surface area contributed by atoms with Gasteiger partial charge in [-0.05, 0) is 55.3 Å². The number of quaternary nitrogens is 1. The summed E-state index contributed by atoms with van der Waals surface area (Å²) in [5, 5.41) is 0. The van der Waals surface area contributed by atoms with Crippen LogP contribution < -0.4 is 19.1 Å². The highest BCUT2D eigenvalue weighted by molar-refractivity contribution is 7.89. The van der Waals surface area contributed by atoms with Crippen molar-refractivity contribution in [2.75, 3.05) is 40.1 Å². The standard InChI is InChI=1S/C21H26N2O5S/c1-15-11-21(16(2)10-19(15)26-3)29(24,25)23-8-6-22(7-9-23)13-17-4-5-18-20(12-17)28-14-27-18/h4-5,10-12H,6-9,13-14H2,1-3H3/p+1. The Morgan fingerprint density at radius 1 is 1.03 bits per heavy atom. The molecule has 2 heterocycles. The van der Waals surface area contributed by atoms with Crippen LogP contribution in [-0.2, 0) is 16.6 Å². The molecule has 0 aliphatic carbocycles. The lowest BCUT2D eigenvalue weighted by Crippen LogP contribution is -3.13. The fourth-order valence-electron chi connectivity index (χ4n) is 3.96. The van der Waals surface area contributed by atoms with Crippen LogP contribution in [0.1, 0.15) is 16.7 Å². The van der Waals surface area contributed by atoms with Crippen molar-refractivity contribution in [3.63, 3.8) is 0 Å². The number of aryl methyl sites for hydroxylation is 2. The van der Waals surface area contributed by atoms with Crippen molar-refractivity contribution in [2.45, 2.75) is 25.3 Å². The average Bonchev–Trinajstić information content (AvgIpc) is 3.17. The Morgan fingerprint density at radius 3 is 2.48 bits per heavy atom. The van der Waals surface area contributed by atoms with Gasteiger partial charge in [0, 0.05) is 5.56 Å². The van der Waals surface area contributed by atoms with Crippen molar-refractivity contribution in [3.8, 4) is 17.2 Å². The molecule has 8 heteroatoms. The zero-order valence-electron chi connectivity index (χ0n) is 17.0. The van der Waals surface area contributed by atoms with E-state index in [1.54, 1.807) is 23.5 Å². The van der Waals surface area contributed by atoms with E-state index >= 15 is 0 Å². The average molecular weight is 420 g/mol. The molecule has 2 aliphatic heterocycles. The molecule has 0 radical (unpaired) electrons. The summed E-state index contributed by atoms with van der Waals surface area (Å²) in [4.78, 5) is 1.73. The van der Waals surface area contributed by atoms with Gasteiger partial charge >= 0.3 is 0 Å². The Hall–Kier alpha value is -2.29. The Morgan fingerprint density at radius 2 is 1.76 bits per heavy atom. The molecule has 1 saturated heterocycles. The molecule has 1 fully saturated rings. The van der Waals surface area contributed by atoms with E-state index in [2.05, 4.69) is 0 Å². The third-order valence-electron chi connectivity index (χ3n) is 5.63. The van der Waals surface area contributed by atoms with E-state index in [0.717, 1.165) is 36.7 Å². The Balaban J connectivity index is 1.43. The van der Waals surface area contributed by atoms with E-state index < -0.39 is 10.0 Å². The van der Waals surface area contributed by atoms with Crippen LogP contribution in [0.25, 0.3) is 0 Å². The van der Waals surface area contributed by atoms with Crippen LogP contribution in [0.5, 0.6) is 17.2 Å². The van der Waals surface area contributed by atoms with Gasteiger partial charge < -0.3 is 19.1 Å². The minimum absolute atomic E-state index is 0.270. The second-order valence-electron chi connectivity index (χ2n) is 7.61.